The maximum atomic E-state index is 11.1. The van der Waals surface area contributed by atoms with Crippen molar-refractivity contribution >= 4 is 17.7 Å². The lowest BCUT2D eigenvalue weighted by Crippen LogP contribution is -2.37. The first-order valence-electron chi connectivity index (χ1n) is 4.19. The van der Waals surface area contributed by atoms with E-state index in [0.717, 1.165) is 0 Å². The molecule has 1 saturated heterocycles. The summed E-state index contributed by atoms with van der Waals surface area (Å²) >= 11 is 0. The molecule has 0 radical (unpaired) electrons. The van der Waals surface area contributed by atoms with Crippen LogP contribution in [0.2, 0.25) is 0 Å². The topological polar surface area (TPSA) is 66.5 Å². The van der Waals surface area contributed by atoms with Crippen LogP contribution in [0.5, 0.6) is 0 Å². The standard InChI is InChI=1S/C8H12N2O3/c1-6(11)9-4-5-10-7(12)2-3-8(10)13/h2-5H2,1H3,(H,9,11). The molecule has 0 aliphatic carbocycles. The number of carbonyl (C=O) groups is 3. The summed E-state index contributed by atoms with van der Waals surface area (Å²) in [6, 6.07) is 0. The molecule has 0 saturated carbocycles. The van der Waals surface area contributed by atoms with Gasteiger partial charge in [-0.3, -0.25) is 19.3 Å². The molecule has 1 rings (SSSR count). The average Bonchev–Trinajstić information content (AvgIpc) is 2.34. The van der Waals surface area contributed by atoms with E-state index in [2.05, 4.69) is 5.32 Å². The van der Waals surface area contributed by atoms with E-state index >= 15 is 0 Å². The van der Waals surface area contributed by atoms with E-state index < -0.39 is 0 Å². The summed E-state index contributed by atoms with van der Waals surface area (Å²) in [6.07, 6.45) is 0.609. The molecule has 13 heavy (non-hydrogen) atoms. The van der Waals surface area contributed by atoms with Crippen LogP contribution in [-0.2, 0) is 14.4 Å². The predicted molar refractivity (Wildman–Crippen MR) is 44.6 cm³/mol. The van der Waals surface area contributed by atoms with Crippen LogP contribution in [-0.4, -0.2) is 35.7 Å². The lowest BCUT2D eigenvalue weighted by Gasteiger charge is -2.13. The molecule has 1 fully saturated rings. The summed E-state index contributed by atoms with van der Waals surface area (Å²) in [6.45, 7) is 2.03. The van der Waals surface area contributed by atoms with Crippen LogP contribution in [0, 0.1) is 0 Å². The van der Waals surface area contributed by atoms with Crippen molar-refractivity contribution in [1.29, 1.82) is 0 Å². The summed E-state index contributed by atoms with van der Waals surface area (Å²) < 4.78 is 0. The van der Waals surface area contributed by atoms with Crippen molar-refractivity contribution in [2.24, 2.45) is 0 Å². The van der Waals surface area contributed by atoms with Crippen molar-refractivity contribution < 1.29 is 14.4 Å². The Morgan fingerprint density at radius 2 is 1.92 bits per heavy atom. The highest BCUT2D eigenvalue weighted by Crippen LogP contribution is 2.10. The highest BCUT2D eigenvalue weighted by molar-refractivity contribution is 6.01. The minimum Gasteiger partial charge on any atom is -0.355 e. The van der Waals surface area contributed by atoms with Gasteiger partial charge < -0.3 is 5.32 Å². The Hall–Kier alpha value is -1.39. The van der Waals surface area contributed by atoms with Crippen molar-refractivity contribution in [3.8, 4) is 0 Å². The fourth-order valence-corrected chi connectivity index (χ4v) is 1.22. The third-order valence-electron chi connectivity index (χ3n) is 1.86. The van der Waals surface area contributed by atoms with E-state index in [1.54, 1.807) is 0 Å². The molecule has 0 aromatic carbocycles. The number of amides is 3. The lowest BCUT2D eigenvalue weighted by atomic mass is 10.4. The first-order valence-corrected chi connectivity index (χ1v) is 4.19. The van der Waals surface area contributed by atoms with Gasteiger partial charge >= 0.3 is 0 Å². The maximum absolute atomic E-state index is 11.1. The molecule has 0 atom stereocenters. The summed E-state index contributed by atoms with van der Waals surface area (Å²) in [5.74, 6) is -0.440. The number of hydrogen-bond donors (Lipinski definition) is 1. The van der Waals surface area contributed by atoms with Gasteiger partial charge in [0.05, 0.1) is 0 Å². The molecule has 1 aliphatic heterocycles. The van der Waals surface area contributed by atoms with Crippen LogP contribution in [0.15, 0.2) is 0 Å². The van der Waals surface area contributed by atoms with Gasteiger partial charge in [0.25, 0.3) is 0 Å². The van der Waals surface area contributed by atoms with Gasteiger partial charge in [0.1, 0.15) is 0 Å². The average molecular weight is 184 g/mol. The highest BCUT2D eigenvalue weighted by Gasteiger charge is 2.27. The first kappa shape index (κ1) is 9.70. The van der Waals surface area contributed by atoms with E-state index in [9.17, 15) is 14.4 Å². The fourth-order valence-electron chi connectivity index (χ4n) is 1.22. The van der Waals surface area contributed by atoms with Crippen molar-refractivity contribution in [2.75, 3.05) is 13.1 Å². The number of likely N-dealkylation sites (tertiary alicyclic amines) is 1. The number of nitrogens with zero attached hydrogens (tertiary/aromatic N) is 1. The van der Waals surface area contributed by atoms with Crippen molar-refractivity contribution in [1.82, 2.24) is 10.2 Å². The minimum atomic E-state index is -0.154. The first-order chi connectivity index (χ1) is 6.11. The lowest BCUT2D eigenvalue weighted by molar-refractivity contribution is -0.138. The second-order valence-corrected chi connectivity index (χ2v) is 2.92. The molecule has 0 aromatic heterocycles. The number of rotatable bonds is 3. The molecule has 5 heteroatoms. The summed E-state index contributed by atoms with van der Waals surface area (Å²) in [7, 11) is 0. The summed E-state index contributed by atoms with van der Waals surface area (Å²) in [5, 5.41) is 2.53. The zero-order valence-electron chi connectivity index (χ0n) is 7.50. The van der Waals surface area contributed by atoms with Crippen LogP contribution in [0.25, 0.3) is 0 Å². The molecule has 1 aliphatic rings. The number of imide groups is 1. The van der Waals surface area contributed by atoms with Gasteiger partial charge in [0.15, 0.2) is 0 Å². The second-order valence-electron chi connectivity index (χ2n) is 2.92. The Morgan fingerprint density at radius 1 is 1.38 bits per heavy atom. The zero-order valence-corrected chi connectivity index (χ0v) is 7.50. The number of nitrogens with one attached hydrogen (secondary N) is 1. The van der Waals surface area contributed by atoms with Gasteiger partial charge in [-0.2, -0.15) is 0 Å². The molecule has 72 valence electrons. The van der Waals surface area contributed by atoms with Crippen molar-refractivity contribution in [3.05, 3.63) is 0 Å². The Labute approximate surface area is 76.1 Å². The molecule has 1 heterocycles. The van der Waals surface area contributed by atoms with Gasteiger partial charge in [-0.05, 0) is 0 Å². The molecule has 0 aromatic rings. The third-order valence-corrected chi connectivity index (χ3v) is 1.86. The van der Waals surface area contributed by atoms with Gasteiger partial charge in [-0.15, -0.1) is 0 Å². The fraction of sp³-hybridized carbons (Fsp3) is 0.625. The Morgan fingerprint density at radius 3 is 2.38 bits per heavy atom. The van der Waals surface area contributed by atoms with Crippen LogP contribution in [0.1, 0.15) is 19.8 Å². The Kier molecular flexibility index (Phi) is 3.00. The Balaban J connectivity index is 2.31. The van der Waals surface area contributed by atoms with E-state index in [0.29, 0.717) is 19.4 Å². The second kappa shape index (κ2) is 4.02. The molecule has 3 amide bonds. The Bertz CT molecular complexity index is 234. The third kappa shape index (κ3) is 2.54. The van der Waals surface area contributed by atoms with Gasteiger partial charge in [0.2, 0.25) is 17.7 Å². The molecular formula is C8H12N2O3. The van der Waals surface area contributed by atoms with Gasteiger partial charge in [-0.1, -0.05) is 0 Å². The minimum absolute atomic E-state index is 0.143. The maximum Gasteiger partial charge on any atom is 0.229 e. The van der Waals surface area contributed by atoms with Gasteiger partial charge in [-0.25, -0.2) is 0 Å². The van der Waals surface area contributed by atoms with E-state index in [1.807, 2.05) is 0 Å². The summed E-state index contributed by atoms with van der Waals surface area (Å²) in [4.78, 5) is 33.8. The molecule has 0 bridgehead atoms. The van der Waals surface area contributed by atoms with E-state index in [4.69, 9.17) is 0 Å². The molecule has 0 unspecified atom stereocenters. The normalized spacial score (nSPS) is 16.5. The summed E-state index contributed by atoms with van der Waals surface area (Å²) in [5.41, 5.74) is 0. The van der Waals surface area contributed by atoms with Crippen LogP contribution >= 0.6 is 0 Å². The largest absolute Gasteiger partial charge is 0.355 e. The van der Waals surface area contributed by atoms with Crippen LogP contribution in [0.4, 0.5) is 0 Å². The van der Waals surface area contributed by atoms with Crippen LogP contribution in [0.3, 0.4) is 0 Å². The quantitative estimate of drug-likeness (QED) is 0.588. The zero-order chi connectivity index (χ0) is 9.84. The molecule has 0 spiro atoms. The molecule has 1 N–H and O–H groups in total. The monoisotopic (exact) mass is 184 g/mol. The van der Waals surface area contributed by atoms with Gasteiger partial charge in [0, 0.05) is 32.9 Å². The van der Waals surface area contributed by atoms with Crippen molar-refractivity contribution in [3.63, 3.8) is 0 Å². The van der Waals surface area contributed by atoms with E-state index in [-0.39, 0.29) is 24.3 Å². The number of carbonyl (C=O) groups excluding carboxylic acids is 3. The van der Waals surface area contributed by atoms with Crippen LogP contribution < -0.4 is 5.32 Å². The smallest absolute Gasteiger partial charge is 0.229 e. The number of hydrogen-bond acceptors (Lipinski definition) is 3. The highest BCUT2D eigenvalue weighted by atomic mass is 16.2. The van der Waals surface area contributed by atoms with Crippen molar-refractivity contribution in [2.45, 2.75) is 19.8 Å². The van der Waals surface area contributed by atoms with E-state index in [1.165, 1.54) is 11.8 Å². The molecule has 5 nitrogen and oxygen atoms in total. The predicted octanol–water partition coefficient (Wildman–Crippen LogP) is -0.729. The molecular weight excluding hydrogens is 172 g/mol. The SMILES string of the molecule is CC(=O)NCCN1C(=O)CCC1=O.